The number of rotatable bonds is 2. The lowest BCUT2D eigenvalue weighted by Gasteiger charge is -1.93. The Morgan fingerprint density at radius 1 is 1.27 bits per heavy atom. The average molecular weight is 152 g/mol. The summed E-state index contributed by atoms with van der Waals surface area (Å²) >= 11 is 0. The molecule has 0 unspecified atom stereocenters. The van der Waals surface area contributed by atoms with Crippen LogP contribution in [0.15, 0.2) is 36.6 Å². The highest BCUT2D eigenvalue weighted by Gasteiger charge is 1.89. The highest BCUT2D eigenvalue weighted by atomic mass is 19.1. The first-order valence-electron chi connectivity index (χ1n) is 3.36. The van der Waals surface area contributed by atoms with Crippen molar-refractivity contribution in [3.05, 3.63) is 48.0 Å². The molecule has 0 aliphatic rings. The molecule has 1 nitrogen and oxygen atoms in total. The van der Waals surface area contributed by atoms with Gasteiger partial charge in [-0.05, 0) is 30.2 Å². The van der Waals surface area contributed by atoms with E-state index >= 15 is 0 Å². The van der Waals surface area contributed by atoms with E-state index in [4.69, 9.17) is 5.11 Å². The lowest BCUT2D eigenvalue weighted by molar-refractivity contribution is 0.471. The lowest BCUT2D eigenvalue weighted by Crippen LogP contribution is -1.80. The first kappa shape index (κ1) is 7.79. The highest BCUT2D eigenvalue weighted by molar-refractivity contribution is 5.18. The quantitative estimate of drug-likeness (QED) is 0.645. The molecule has 0 aliphatic carbocycles. The summed E-state index contributed by atoms with van der Waals surface area (Å²) in [5.41, 5.74) is 0.983. The van der Waals surface area contributed by atoms with Gasteiger partial charge in [0, 0.05) is 0 Å². The number of aliphatic hydroxyl groups is 1. The number of hydrogen-bond acceptors (Lipinski definition) is 1. The van der Waals surface area contributed by atoms with Gasteiger partial charge in [-0.2, -0.15) is 0 Å². The first-order valence-corrected chi connectivity index (χ1v) is 3.36. The molecule has 0 radical (unpaired) electrons. The molecule has 1 N–H and O–H groups in total. The molecule has 1 aromatic rings. The second-order valence-electron chi connectivity index (χ2n) is 2.22. The van der Waals surface area contributed by atoms with Crippen molar-refractivity contribution in [1.82, 2.24) is 0 Å². The third-order valence-corrected chi connectivity index (χ3v) is 1.37. The van der Waals surface area contributed by atoms with Gasteiger partial charge in [0.05, 0.1) is 6.26 Å². The standard InChI is InChI=1S/C9H9FO/c10-9-5-3-8(4-6-9)2-1-7-11/h1,3-7,11H,2H2. The Labute approximate surface area is 64.8 Å². The van der Waals surface area contributed by atoms with Crippen molar-refractivity contribution >= 4 is 0 Å². The lowest BCUT2D eigenvalue weighted by atomic mass is 10.1. The molecule has 0 saturated carbocycles. The smallest absolute Gasteiger partial charge is 0.123 e. The van der Waals surface area contributed by atoms with Gasteiger partial charge in [-0.1, -0.05) is 12.1 Å². The fourth-order valence-corrected chi connectivity index (χ4v) is 0.809. The van der Waals surface area contributed by atoms with E-state index < -0.39 is 0 Å². The van der Waals surface area contributed by atoms with Crippen molar-refractivity contribution in [3.63, 3.8) is 0 Å². The van der Waals surface area contributed by atoms with Crippen LogP contribution in [-0.4, -0.2) is 5.11 Å². The summed E-state index contributed by atoms with van der Waals surface area (Å²) in [6, 6.07) is 6.19. The van der Waals surface area contributed by atoms with Gasteiger partial charge >= 0.3 is 0 Å². The van der Waals surface area contributed by atoms with Crippen molar-refractivity contribution in [3.8, 4) is 0 Å². The zero-order valence-electron chi connectivity index (χ0n) is 6.00. The maximum Gasteiger partial charge on any atom is 0.123 e. The molecule has 11 heavy (non-hydrogen) atoms. The minimum atomic E-state index is -0.235. The van der Waals surface area contributed by atoms with E-state index in [-0.39, 0.29) is 5.82 Å². The summed E-state index contributed by atoms with van der Waals surface area (Å²) in [5.74, 6) is -0.235. The summed E-state index contributed by atoms with van der Waals surface area (Å²) in [6.45, 7) is 0. The summed E-state index contributed by atoms with van der Waals surface area (Å²) in [6.07, 6.45) is 3.23. The molecule has 0 bridgehead atoms. The zero-order chi connectivity index (χ0) is 8.10. The SMILES string of the molecule is OC=CCc1ccc(F)cc1. The van der Waals surface area contributed by atoms with Crippen LogP contribution < -0.4 is 0 Å². The average Bonchev–Trinajstić information content (AvgIpc) is 2.04. The Morgan fingerprint density at radius 3 is 2.45 bits per heavy atom. The molecule has 0 spiro atoms. The van der Waals surface area contributed by atoms with E-state index in [1.165, 1.54) is 12.1 Å². The fourth-order valence-electron chi connectivity index (χ4n) is 0.809. The molecular formula is C9H9FO. The van der Waals surface area contributed by atoms with Crippen LogP contribution in [0.4, 0.5) is 4.39 Å². The van der Waals surface area contributed by atoms with Crippen molar-refractivity contribution in [2.45, 2.75) is 6.42 Å². The van der Waals surface area contributed by atoms with Crippen molar-refractivity contribution in [1.29, 1.82) is 0 Å². The topological polar surface area (TPSA) is 20.2 Å². The van der Waals surface area contributed by atoms with Gasteiger partial charge in [0.2, 0.25) is 0 Å². The Balaban J connectivity index is 2.66. The minimum Gasteiger partial charge on any atom is -0.516 e. The third-order valence-electron chi connectivity index (χ3n) is 1.37. The number of benzene rings is 1. The van der Waals surface area contributed by atoms with Gasteiger partial charge in [0.15, 0.2) is 0 Å². The molecule has 58 valence electrons. The molecule has 1 aromatic carbocycles. The third kappa shape index (κ3) is 2.42. The molecule has 1 rings (SSSR count). The summed E-state index contributed by atoms with van der Waals surface area (Å²) in [4.78, 5) is 0. The van der Waals surface area contributed by atoms with Crippen LogP contribution in [0, 0.1) is 5.82 Å². The van der Waals surface area contributed by atoms with Gasteiger partial charge < -0.3 is 5.11 Å². The number of hydrogen-bond donors (Lipinski definition) is 1. The predicted molar refractivity (Wildman–Crippen MR) is 41.9 cm³/mol. The Hall–Kier alpha value is -1.31. The van der Waals surface area contributed by atoms with Crippen LogP contribution in [0.5, 0.6) is 0 Å². The Morgan fingerprint density at radius 2 is 1.91 bits per heavy atom. The van der Waals surface area contributed by atoms with Crippen LogP contribution in [-0.2, 0) is 6.42 Å². The second kappa shape index (κ2) is 3.76. The zero-order valence-corrected chi connectivity index (χ0v) is 6.00. The Bertz CT molecular complexity index is 238. The molecule has 0 amide bonds. The van der Waals surface area contributed by atoms with E-state index in [1.54, 1.807) is 18.2 Å². The minimum absolute atomic E-state index is 0.235. The van der Waals surface area contributed by atoms with Gasteiger partial charge in [-0.25, -0.2) is 4.39 Å². The van der Waals surface area contributed by atoms with E-state index in [9.17, 15) is 4.39 Å². The molecule has 0 atom stereocenters. The number of aliphatic hydroxyl groups excluding tert-OH is 1. The first-order chi connectivity index (χ1) is 5.33. The number of allylic oxidation sites excluding steroid dienone is 1. The molecule has 2 heteroatoms. The molecule has 0 aliphatic heterocycles. The molecule has 0 heterocycles. The predicted octanol–water partition coefficient (Wildman–Crippen LogP) is 2.44. The Kier molecular flexibility index (Phi) is 2.66. The summed E-state index contributed by atoms with van der Waals surface area (Å²) in [7, 11) is 0. The van der Waals surface area contributed by atoms with Gasteiger partial charge in [-0.15, -0.1) is 0 Å². The van der Waals surface area contributed by atoms with Crippen LogP contribution in [0.2, 0.25) is 0 Å². The highest BCUT2D eigenvalue weighted by Crippen LogP contribution is 2.03. The normalized spacial score (nSPS) is 10.6. The largest absolute Gasteiger partial charge is 0.516 e. The van der Waals surface area contributed by atoms with Crippen LogP contribution in [0.25, 0.3) is 0 Å². The van der Waals surface area contributed by atoms with Gasteiger partial charge in [0.25, 0.3) is 0 Å². The van der Waals surface area contributed by atoms with Gasteiger partial charge in [-0.3, -0.25) is 0 Å². The second-order valence-corrected chi connectivity index (χ2v) is 2.22. The van der Waals surface area contributed by atoms with E-state index in [0.717, 1.165) is 11.8 Å². The maximum absolute atomic E-state index is 12.3. The monoisotopic (exact) mass is 152 g/mol. The van der Waals surface area contributed by atoms with Crippen LogP contribution in [0.3, 0.4) is 0 Å². The molecular weight excluding hydrogens is 143 g/mol. The van der Waals surface area contributed by atoms with Crippen LogP contribution in [0.1, 0.15) is 5.56 Å². The van der Waals surface area contributed by atoms with E-state index in [2.05, 4.69) is 0 Å². The van der Waals surface area contributed by atoms with E-state index in [1.807, 2.05) is 0 Å². The van der Waals surface area contributed by atoms with E-state index in [0.29, 0.717) is 6.42 Å². The van der Waals surface area contributed by atoms with Crippen molar-refractivity contribution in [2.75, 3.05) is 0 Å². The van der Waals surface area contributed by atoms with Crippen molar-refractivity contribution in [2.24, 2.45) is 0 Å². The molecule has 0 aromatic heterocycles. The van der Waals surface area contributed by atoms with Gasteiger partial charge in [0.1, 0.15) is 5.82 Å². The molecule has 0 saturated heterocycles. The van der Waals surface area contributed by atoms with Crippen LogP contribution >= 0.6 is 0 Å². The van der Waals surface area contributed by atoms with Crippen molar-refractivity contribution < 1.29 is 9.50 Å². The molecule has 0 fully saturated rings. The fraction of sp³-hybridized carbons (Fsp3) is 0.111. The summed E-state index contributed by atoms with van der Waals surface area (Å²) in [5, 5.41) is 8.33. The maximum atomic E-state index is 12.3. The summed E-state index contributed by atoms with van der Waals surface area (Å²) < 4.78 is 12.3. The number of halogens is 1.